The quantitative estimate of drug-likeness (QED) is 0.722. The Kier molecular flexibility index (Phi) is 6.19. The van der Waals surface area contributed by atoms with E-state index in [2.05, 4.69) is 5.32 Å². The van der Waals surface area contributed by atoms with Gasteiger partial charge in [-0.05, 0) is 64.0 Å². The molecular formula is C18H26N2O3. The van der Waals surface area contributed by atoms with Crippen molar-refractivity contribution < 1.29 is 14.6 Å². The van der Waals surface area contributed by atoms with Crippen molar-refractivity contribution in [3.8, 4) is 5.75 Å². The zero-order valence-electron chi connectivity index (χ0n) is 14.1. The molecule has 0 aromatic heterocycles. The number of allylic oxidation sites excluding steroid dienone is 1. The van der Waals surface area contributed by atoms with Crippen molar-refractivity contribution in [2.75, 3.05) is 32.6 Å². The first-order valence-corrected chi connectivity index (χ1v) is 7.99. The molecule has 2 N–H and O–H groups in total. The molecule has 23 heavy (non-hydrogen) atoms. The Morgan fingerprint density at radius 2 is 2.04 bits per heavy atom. The standard InChI is InChI=1S/C18H26N2O3/c1-13(14-4-5-14)10-18(22)19-15-6-8-17(9-7-15)23-12-16(21)11-20(2)3/h6-10,14,16,21H,4-5,11-12H2,1-3H3,(H,19,22)/b13-10-. The van der Waals surface area contributed by atoms with Crippen molar-refractivity contribution in [3.05, 3.63) is 35.9 Å². The van der Waals surface area contributed by atoms with Crippen molar-refractivity contribution in [3.63, 3.8) is 0 Å². The number of anilines is 1. The first kappa shape index (κ1) is 17.5. The number of aliphatic hydroxyl groups is 1. The molecule has 2 rings (SSSR count). The lowest BCUT2D eigenvalue weighted by Gasteiger charge is -2.16. The van der Waals surface area contributed by atoms with Crippen LogP contribution in [0.1, 0.15) is 19.8 Å². The zero-order valence-corrected chi connectivity index (χ0v) is 14.1. The number of rotatable bonds is 8. The van der Waals surface area contributed by atoms with Gasteiger partial charge in [-0.2, -0.15) is 0 Å². The van der Waals surface area contributed by atoms with Crippen LogP contribution in [0, 0.1) is 5.92 Å². The van der Waals surface area contributed by atoms with Crippen LogP contribution >= 0.6 is 0 Å². The predicted octanol–water partition coefficient (Wildman–Crippen LogP) is 2.28. The fraction of sp³-hybridized carbons (Fsp3) is 0.500. The average Bonchev–Trinajstić information content (AvgIpc) is 3.30. The van der Waals surface area contributed by atoms with Gasteiger partial charge in [-0.1, -0.05) is 5.57 Å². The molecule has 0 spiro atoms. The summed E-state index contributed by atoms with van der Waals surface area (Å²) < 4.78 is 5.53. The van der Waals surface area contributed by atoms with Crippen LogP contribution in [-0.2, 0) is 4.79 Å². The van der Waals surface area contributed by atoms with Gasteiger partial charge in [-0.25, -0.2) is 0 Å². The van der Waals surface area contributed by atoms with Gasteiger partial charge < -0.3 is 20.1 Å². The highest BCUT2D eigenvalue weighted by Gasteiger charge is 2.23. The average molecular weight is 318 g/mol. The van der Waals surface area contributed by atoms with E-state index in [1.807, 2.05) is 25.9 Å². The highest BCUT2D eigenvalue weighted by Crippen LogP contribution is 2.35. The number of nitrogens with zero attached hydrogens (tertiary/aromatic N) is 1. The monoisotopic (exact) mass is 318 g/mol. The van der Waals surface area contributed by atoms with E-state index in [9.17, 15) is 9.90 Å². The molecular weight excluding hydrogens is 292 g/mol. The third-order valence-corrected chi connectivity index (χ3v) is 3.72. The lowest BCUT2D eigenvalue weighted by molar-refractivity contribution is -0.112. The smallest absolute Gasteiger partial charge is 0.248 e. The van der Waals surface area contributed by atoms with Gasteiger partial charge in [0, 0.05) is 18.3 Å². The number of carbonyl (C=O) groups is 1. The molecule has 0 saturated heterocycles. The Balaban J connectivity index is 1.79. The predicted molar refractivity (Wildman–Crippen MR) is 91.6 cm³/mol. The van der Waals surface area contributed by atoms with Crippen molar-refractivity contribution in [1.29, 1.82) is 0 Å². The molecule has 1 unspecified atom stereocenters. The van der Waals surface area contributed by atoms with Crippen molar-refractivity contribution >= 4 is 11.6 Å². The van der Waals surface area contributed by atoms with E-state index in [0.29, 0.717) is 18.2 Å². The molecule has 126 valence electrons. The summed E-state index contributed by atoms with van der Waals surface area (Å²) in [4.78, 5) is 13.8. The number of likely N-dealkylation sites (N-methyl/N-ethyl adjacent to an activating group) is 1. The fourth-order valence-corrected chi connectivity index (χ4v) is 2.34. The first-order valence-electron chi connectivity index (χ1n) is 7.99. The van der Waals surface area contributed by atoms with Crippen LogP contribution in [0.5, 0.6) is 5.75 Å². The maximum atomic E-state index is 11.9. The second-order valence-corrected chi connectivity index (χ2v) is 6.40. The lowest BCUT2D eigenvalue weighted by atomic mass is 10.2. The maximum Gasteiger partial charge on any atom is 0.248 e. The number of ether oxygens (including phenoxy) is 1. The van der Waals surface area contributed by atoms with Crippen LogP contribution < -0.4 is 10.1 Å². The second-order valence-electron chi connectivity index (χ2n) is 6.40. The number of amides is 1. The number of hydrogen-bond donors (Lipinski definition) is 2. The van der Waals surface area contributed by atoms with E-state index < -0.39 is 6.10 Å². The molecule has 1 aliphatic carbocycles. The summed E-state index contributed by atoms with van der Waals surface area (Å²) in [7, 11) is 3.81. The van der Waals surface area contributed by atoms with Crippen LogP contribution in [0.2, 0.25) is 0 Å². The maximum absolute atomic E-state index is 11.9. The van der Waals surface area contributed by atoms with E-state index in [-0.39, 0.29) is 12.5 Å². The number of aliphatic hydroxyl groups excluding tert-OH is 1. The minimum Gasteiger partial charge on any atom is -0.491 e. The van der Waals surface area contributed by atoms with Gasteiger partial charge in [0.25, 0.3) is 0 Å². The molecule has 0 aliphatic heterocycles. The summed E-state index contributed by atoms with van der Waals surface area (Å²) in [5.74, 6) is 1.18. The van der Waals surface area contributed by atoms with Crippen molar-refractivity contribution in [2.24, 2.45) is 5.92 Å². The SMILES string of the molecule is C/C(=C/C(=O)Nc1ccc(OCC(O)CN(C)C)cc1)C1CC1. The van der Waals surface area contributed by atoms with Gasteiger partial charge in [0.1, 0.15) is 18.5 Å². The van der Waals surface area contributed by atoms with Gasteiger partial charge in [-0.15, -0.1) is 0 Å². The molecule has 5 nitrogen and oxygen atoms in total. The zero-order chi connectivity index (χ0) is 16.8. The van der Waals surface area contributed by atoms with Crippen molar-refractivity contribution in [2.45, 2.75) is 25.9 Å². The number of benzene rings is 1. The first-order chi connectivity index (χ1) is 10.9. The van der Waals surface area contributed by atoms with Crippen LogP contribution in [0.25, 0.3) is 0 Å². The number of hydrogen-bond acceptors (Lipinski definition) is 4. The van der Waals surface area contributed by atoms with E-state index >= 15 is 0 Å². The molecule has 1 aromatic rings. The molecule has 0 radical (unpaired) electrons. The molecule has 1 aliphatic rings. The normalized spacial score (nSPS) is 16.3. The van der Waals surface area contributed by atoms with Crippen LogP contribution in [0.4, 0.5) is 5.69 Å². The van der Waals surface area contributed by atoms with Gasteiger partial charge in [-0.3, -0.25) is 4.79 Å². The van der Waals surface area contributed by atoms with Gasteiger partial charge >= 0.3 is 0 Å². The van der Waals surface area contributed by atoms with Gasteiger partial charge in [0.05, 0.1) is 0 Å². The summed E-state index contributed by atoms with van der Waals surface area (Å²) in [5.41, 5.74) is 1.88. The molecule has 0 bridgehead atoms. The molecule has 1 atom stereocenters. The molecule has 1 fully saturated rings. The summed E-state index contributed by atoms with van der Waals surface area (Å²) in [5, 5.41) is 12.6. The lowest BCUT2D eigenvalue weighted by Crippen LogP contribution is -2.30. The number of carbonyl (C=O) groups excluding carboxylic acids is 1. The van der Waals surface area contributed by atoms with Crippen LogP contribution in [0.15, 0.2) is 35.9 Å². The van der Waals surface area contributed by atoms with Crippen molar-refractivity contribution in [1.82, 2.24) is 4.90 Å². The summed E-state index contributed by atoms with van der Waals surface area (Å²) in [6.07, 6.45) is 3.54. The Hall–Kier alpha value is -1.85. The second kappa shape index (κ2) is 8.13. The number of nitrogens with one attached hydrogen (secondary N) is 1. The molecule has 5 heteroatoms. The van der Waals surface area contributed by atoms with Crippen LogP contribution in [-0.4, -0.2) is 49.3 Å². The van der Waals surface area contributed by atoms with Crippen LogP contribution in [0.3, 0.4) is 0 Å². The summed E-state index contributed by atoms with van der Waals surface area (Å²) >= 11 is 0. The summed E-state index contributed by atoms with van der Waals surface area (Å²) in [6.45, 7) is 2.81. The molecule has 1 aromatic carbocycles. The highest BCUT2D eigenvalue weighted by atomic mass is 16.5. The summed E-state index contributed by atoms with van der Waals surface area (Å²) in [6, 6.07) is 7.17. The topological polar surface area (TPSA) is 61.8 Å². The Bertz CT molecular complexity index is 548. The molecule has 1 amide bonds. The minimum atomic E-state index is -0.528. The largest absolute Gasteiger partial charge is 0.491 e. The Labute approximate surface area is 137 Å². The molecule has 0 heterocycles. The molecule has 1 saturated carbocycles. The third-order valence-electron chi connectivity index (χ3n) is 3.72. The van der Waals surface area contributed by atoms with E-state index in [4.69, 9.17) is 4.74 Å². The fourth-order valence-electron chi connectivity index (χ4n) is 2.34. The van der Waals surface area contributed by atoms with E-state index in [1.165, 1.54) is 12.8 Å². The van der Waals surface area contributed by atoms with E-state index in [1.54, 1.807) is 30.3 Å². The highest BCUT2D eigenvalue weighted by molar-refractivity contribution is 5.99. The Morgan fingerprint density at radius 1 is 1.39 bits per heavy atom. The van der Waals surface area contributed by atoms with Gasteiger partial charge in [0.2, 0.25) is 5.91 Å². The Morgan fingerprint density at radius 3 is 2.61 bits per heavy atom. The van der Waals surface area contributed by atoms with E-state index in [0.717, 1.165) is 11.3 Å². The van der Waals surface area contributed by atoms with Gasteiger partial charge in [0.15, 0.2) is 0 Å². The minimum absolute atomic E-state index is 0.0931. The third kappa shape index (κ3) is 6.42.